The van der Waals surface area contributed by atoms with Gasteiger partial charge in [-0.25, -0.2) is 4.39 Å². The lowest BCUT2D eigenvalue weighted by Gasteiger charge is -2.09. The quantitative estimate of drug-likeness (QED) is 0.813. The minimum Gasteiger partial charge on any atom is -0.397 e. The highest BCUT2D eigenvalue weighted by molar-refractivity contribution is 6.44. The van der Waals surface area contributed by atoms with Crippen LogP contribution in [-0.2, 0) is 0 Å². The lowest BCUT2D eigenvalue weighted by Crippen LogP contribution is -2.13. The predicted molar refractivity (Wildman–Crippen MR) is 80.0 cm³/mol. The Kier molecular flexibility index (Phi) is 4.16. The van der Waals surface area contributed by atoms with Crippen LogP contribution in [0.5, 0.6) is 0 Å². The Bertz CT molecular complexity index is 666. The monoisotopic (exact) mass is 312 g/mol. The maximum absolute atomic E-state index is 13.7. The van der Waals surface area contributed by atoms with Crippen molar-refractivity contribution in [1.82, 2.24) is 0 Å². The molecule has 0 saturated heterocycles. The summed E-state index contributed by atoms with van der Waals surface area (Å²) < 4.78 is 13.7. The Morgan fingerprint density at radius 3 is 2.55 bits per heavy atom. The summed E-state index contributed by atoms with van der Waals surface area (Å²) in [6.45, 7) is 1.76. The van der Waals surface area contributed by atoms with E-state index in [0.717, 1.165) is 5.56 Å². The van der Waals surface area contributed by atoms with Crippen LogP contribution in [0.15, 0.2) is 30.3 Å². The first-order valence-electron chi connectivity index (χ1n) is 5.70. The van der Waals surface area contributed by atoms with Crippen molar-refractivity contribution in [3.63, 3.8) is 0 Å². The number of nitrogens with two attached hydrogens (primary N) is 1. The largest absolute Gasteiger partial charge is 0.397 e. The molecular weight excluding hydrogens is 302 g/mol. The fourth-order valence-corrected chi connectivity index (χ4v) is 1.99. The number of amides is 1. The molecule has 0 unspecified atom stereocenters. The fraction of sp³-hybridized carbons (Fsp3) is 0.0714. The number of benzene rings is 2. The number of halogens is 3. The van der Waals surface area contributed by atoms with Gasteiger partial charge in [-0.3, -0.25) is 4.79 Å². The van der Waals surface area contributed by atoms with Gasteiger partial charge in [0.1, 0.15) is 5.82 Å². The summed E-state index contributed by atoms with van der Waals surface area (Å²) in [5.41, 5.74) is 6.88. The van der Waals surface area contributed by atoms with Gasteiger partial charge in [0.15, 0.2) is 0 Å². The lowest BCUT2D eigenvalue weighted by atomic mass is 10.1. The van der Waals surface area contributed by atoms with Gasteiger partial charge in [-0.1, -0.05) is 29.3 Å². The third-order valence-corrected chi connectivity index (χ3v) is 3.51. The van der Waals surface area contributed by atoms with Crippen molar-refractivity contribution in [2.75, 3.05) is 11.1 Å². The topological polar surface area (TPSA) is 55.1 Å². The number of hydrogen-bond acceptors (Lipinski definition) is 2. The van der Waals surface area contributed by atoms with E-state index in [2.05, 4.69) is 5.32 Å². The summed E-state index contributed by atoms with van der Waals surface area (Å²) in [6, 6.07) is 7.28. The second-order valence-corrected chi connectivity index (χ2v) is 5.08. The molecule has 6 heteroatoms. The molecule has 2 rings (SSSR count). The number of carbonyl (C=O) groups excluding carboxylic acids is 1. The molecular formula is C14H11Cl2FN2O. The highest BCUT2D eigenvalue weighted by Crippen LogP contribution is 2.29. The van der Waals surface area contributed by atoms with Gasteiger partial charge >= 0.3 is 0 Å². The number of anilines is 2. The molecule has 1 amide bonds. The van der Waals surface area contributed by atoms with Crippen molar-refractivity contribution in [2.45, 2.75) is 6.92 Å². The van der Waals surface area contributed by atoms with Gasteiger partial charge in [-0.2, -0.15) is 0 Å². The van der Waals surface area contributed by atoms with E-state index in [0.29, 0.717) is 0 Å². The molecule has 2 aromatic carbocycles. The highest BCUT2D eigenvalue weighted by atomic mass is 35.5. The van der Waals surface area contributed by atoms with E-state index in [1.165, 1.54) is 24.3 Å². The molecule has 0 aliphatic heterocycles. The number of nitrogens with one attached hydrogen (secondary N) is 1. The molecule has 0 aliphatic carbocycles. The van der Waals surface area contributed by atoms with Crippen molar-refractivity contribution in [3.05, 3.63) is 57.3 Å². The molecule has 0 atom stereocenters. The van der Waals surface area contributed by atoms with Crippen molar-refractivity contribution in [1.29, 1.82) is 0 Å². The molecule has 0 heterocycles. The highest BCUT2D eigenvalue weighted by Gasteiger charge is 2.13. The first kappa shape index (κ1) is 14.6. The van der Waals surface area contributed by atoms with Crippen molar-refractivity contribution >= 4 is 40.5 Å². The Balaban J connectivity index is 2.28. The maximum Gasteiger partial charge on any atom is 0.255 e. The number of carbonyl (C=O) groups is 1. The first-order chi connectivity index (χ1) is 9.38. The molecule has 0 fully saturated rings. The van der Waals surface area contributed by atoms with Crippen LogP contribution < -0.4 is 11.1 Å². The summed E-state index contributed by atoms with van der Waals surface area (Å²) >= 11 is 11.7. The van der Waals surface area contributed by atoms with E-state index >= 15 is 0 Å². The Labute approximate surface area is 125 Å². The minimum atomic E-state index is -0.516. The number of nitrogen functional groups attached to an aromatic ring is 1. The molecule has 20 heavy (non-hydrogen) atoms. The van der Waals surface area contributed by atoms with Crippen LogP contribution in [0.3, 0.4) is 0 Å². The third kappa shape index (κ3) is 3.03. The van der Waals surface area contributed by atoms with E-state index in [4.69, 9.17) is 28.9 Å². The van der Waals surface area contributed by atoms with Gasteiger partial charge in [0, 0.05) is 5.56 Å². The fourth-order valence-electron chi connectivity index (χ4n) is 1.66. The smallest absolute Gasteiger partial charge is 0.255 e. The molecule has 2 aromatic rings. The predicted octanol–water partition coefficient (Wildman–Crippen LogP) is 4.28. The zero-order valence-corrected chi connectivity index (χ0v) is 12.0. The van der Waals surface area contributed by atoms with E-state index < -0.39 is 11.7 Å². The SMILES string of the molecule is Cc1ccc(NC(=O)c2cc(N)c(Cl)c(Cl)c2)c(F)c1. The van der Waals surface area contributed by atoms with Crippen LogP contribution in [0.4, 0.5) is 15.8 Å². The van der Waals surface area contributed by atoms with Gasteiger partial charge in [-0.05, 0) is 36.8 Å². The molecule has 0 saturated carbocycles. The van der Waals surface area contributed by atoms with E-state index in [9.17, 15) is 9.18 Å². The number of rotatable bonds is 2. The van der Waals surface area contributed by atoms with Crippen molar-refractivity contribution < 1.29 is 9.18 Å². The standard InChI is InChI=1S/C14H11Cl2FN2O/c1-7-2-3-12(10(17)4-7)19-14(20)8-5-9(15)13(16)11(18)6-8/h2-6H,18H2,1H3,(H,19,20). The average molecular weight is 313 g/mol. The molecule has 3 nitrogen and oxygen atoms in total. The van der Waals surface area contributed by atoms with Gasteiger partial charge in [-0.15, -0.1) is 0 Å². The minimum absolute atomic E-state index is 0.0882. The van der Waals surface area contributed by atoms with E-state index in [1.807, 2.05) is 0 Å². The summed E-state index contributed by atoms with van der Waals surface area (Å²) in [5, 5.41) is 2.81. The van der Waals surface area contributed by atoms with E-state index in [-0.39, 0.29) is 27.0 Å². The molecule has 0 aliphatic rings. The second kappa shape index (κ2) is 5.69. The molecule has 3 N–H and O–H groups in total. The summed E-state index contributed by atoms with van der Waals surface area (Å²) in [5.74, 6) is -1.02. The van der Waals surface area contributed by atoms with Crippen molar-refractivity contribution in [2.24, 2.45) is 0 Å². The lowest BCUT2D eigenvalue weighted by molar-refractivity contribution is 0.102. The molecule has 0 spiro atoms. The zero-order valence-electron chi connectivity index (χ0n) is 10.5. The summed E-state index contributed by atoms with van der Waals surface area (Å²) in [7, 11) is 0. The first-order valence-corrected chi connectivity index (χ1v) is 6.46. The summed E-state index contributed by atoms with van der Waals surface area (Å²) in [4.78, 5) is 12.0. The maximum atomic E-state index is 13.7. The van der Waals surface area contributed by atoms with Gasteiger partial charge in [0.05, 0.1) is 21.4 Å². The average Bonchev–Trinajstić information content (AvgIpc) is 2.38. The van der Waals surface area contributed by atoms with Crippen LogP contribution >= 0.6 is 23.2 Å². The van der Waals surface area contributed by atoms with Crippen LogP contribution in [0.25, 0.3) is 0 Å². The van der Waals surface area contributed by atoms with Crippen LogP contribution in [0.1, 0.15) is 15.9 Å². The normalized spacial score (nSPS) is 10.4. The molecule has 0 bridgehead atoms. The molecule has 0 aromatic heterocycles. The number of hydrogen-bond donors (Lipinski definition) is 2. The molecule has 104 valence electrons. The Hall–Kier alpha value is -1.78. The number of aryl methyl sites for hydroxylation is 1. The van der Waals surface area contributed by atoms with Crippen LogP contribution in [0, 0.1) is 12.7 Å². The van der Waals surface area contributed by atoms with Gasteiger partial charge in [0.25, 0.3) is 5.91 Å². The van der Waals surface area contributed by atoms with Crippen molar-refractivity contribution in [3.8, 4) is 0 Å². The Morgan fingerprint density at radius 1 is 1.25 bits per heavy atom. The second-order valence-electron chi connectivity index (χ2n) is 4.30. The Morgan fingerprint density at radius 2 is 1.95 bits per heavy atom. The van der Waals surface area contributed by atoms with Gasteiger partial charge < -0.3 is 11.1 Å². The third-order valence-electron chi connectivity index (χ3n) is 2.69. The van der Waals surface area contributed by atoms with Crippen LogP contribution in [-0.4, -0.2) is 5.91 Å². The van der Waals surface area contributed by atoms with E-state index in [1.54, 1.807) is 13.0 Å². The zero-order chi connectivity index (χ0) is 14.9. The van der Waals surface area contributed by atoms with Gasteiger partial charge in [0.2, 0.25) is 0 Å². The molecule has 0 radical (unpaired) electrons. The summed E-state index contributed by atoms with van der Waals surface area (Å²) in [6.07, 6.45) is 0. The van der Waals surface area contributed by atoms with Crippen LogP contribution in [0.2, 0.25) is 10.0 Å².